The molecule has 2 aliphatic heterocycles. The zero-order chi connectivity index (χ0) is 19.8. The molecule has 27 heavy (non-hydrogen) atoms. The molecule has 1 aliphatic carbocycles. The van der Waals surface area contributed by atoms with Gasteiger partial charge in [0, 0.05) is 6.10 Å². The van der Waals surface area contributed by atoms with E-state index in [2.05, 4.69) is 49.0 Å². The molecule has 4 nitrogen and oxygen atoms in total. The van der Waals surface area contributed by atoms with Gasteiger partial charge in [0.05, 0.1) is 0 Å². The van der Waals surface area contributed by atoms with Crippen molar-refractivity contribution in [1.29, 1.82) is 0 Å². The molecule has 0 spiro atoms. The molecule has 0 radical (unpaired) electrons. The Morgan fingerprint density at radius 3 is 2.70 bits per heavy atom. The molecule has 2 fully saturated rings. The Balaban J connectivity index is 0.000000170. The van der Waals surface area contributed by atoms with Crippen molar-refractivity contribution in [1.82, 2.24) is 0 Å². The number of aliphatic hydroxyl groups excluding tert-OH is 1. The Morgan fingerprint density at radius 2 is 1.96 bits per heavy atom. The first-order valence-electron chi connectivity index (χ1n) is 9.43. The van der Waals surface area contributed by atoms with E-state index >= 15 is 0 Å². The second-order valence-electron chi connectivity index (χ2n) is 7.55. The van der Waals surface area contributed by atoms with Crippen LogP contribution >= 0.6 is 25.4 Å². The average Bonchev–Trinajstić information content (AvgIpc) is 2.63. The molecule has 0 aromatic heterocycles. The van der Waals surface area contributed by atoms with Crippen molar-refractivity contribution >= 4 is 53.9 Å². The number of benzene rings is 1. The van der Waals surface area contributed by atoms with E-state index in [1.165, 1.54) is 24.8 Å². The molecular formula is C20H28Br2N2O2Sn. The van der Waals surface area contributed by atoms with Gasteiger partial charge in [0.15, 0.2) is 0 Å². The van der Waals surface area contributed by atoms with Crippen molar-refractivity contribution in [2.24, 2.45) is 11.8 Å². The molecule has 2 N–H and O–H groups in total. The number of piperidine rings is 1. The van der Waals surface area contributed by atoms with E-state index in [9.17, 15) is 10.2 Å². The molecule has 2 heterocycles. The predicted octanol–water partition coefficient (Wildman–Crippen LogP) is 6.05. The third kappa shape index (κ3) is 7.21. The Bertz CT molecular complexity index is 630. The van der Waals surface area contributed by atoms with Crippen LogP contribution in [0.5, 0.6) is 5.75 Å². The molecule has 4 atom stereocenters. The number of hydrogen-bond acceptors (Lipinski definition) is 2. The van der Waals surface area contributed by atoms with Crippen LogP contribution < -0.4 is 0 Å². The monoisotopic (exact) mass is 606 g/mol. The van der Waals surface area contributed by atoms with Crippen molar-refractivity contribution in [3.05, 3.63) is 40.0 Å². The predicted molar refractivity (Wildman–Crippen MR) is 122 cm³/mol. The second kappa shape index (κ2) is 12.1. The Morgan fingerprint density at radius 1 is 1.22 bits per heavy atom. The van der Waals surface area contributed by atoms with Crippen LogP contribution in [0.25, 0.3) is 16.7 Å². The molecule has 4 unspecified atom stereocenters. The fraction of sp³-hybridized carbons (Fsp3) is 0.600. The molecule has 1 aromatic rings. The summed E-state index contributed by atoms with van der Waals surface area (Å²) < 4.78 is 0. The van der Waals surface area contributed by atoms with Crippen LogP contribution in [0.4, 0.5) is 5.69 Å². The molecule has 1 saturated heterocycles. The van der Waals surface area contributed by atoms with Crippen molar-refractivity contribution in [2.75, 3.05) is 13.1 Å². The van der Waals surface area contributed by atoms with Gasteiger partial charge in [0.2, 0.25) is 0 Å². The SMILES string of the molecule is CC1=Cc2cccc(O)c2[N-]C1.CC1C[N-]C2C(O)CCCC2C1.[Br][Sn+2][Br]. The number of aromatic hydroxyl groups is 1. The van der Waals surface area contributed by atoms with Crippen LogP contribution in [0.2, 0.25) is 0 Å². The molecule has 4 rings (SSSR count). The van der Waals surface area contributed by atoms with Crippen LogP contribution in [-0.4, -0.2) is 52.1 Å². The summed E-state index contributed by atoms with van der Waals surface area (Å²) in [5.74, 6) is 1.71. The number of aliphatic hydroxyl groups is 1. The topological polar surface area (TPSA) is 68.7 Å². The van der Waals surface area contributed by atoms with Crippen LogP contribution in [0.15, 0.2) is 23.8 Å². The van der Waals surface area contributed by atoms with Gasteiger partial charge in [-0.25, -0.2) is 0 Å². The maximum absolute atomic E-state index is 9.70. The summed E-state index contributed by atoms with van der Waals surface area (Å²) in [5, 5.41) is 27.9. The maximum atomic E-state index is 9.70. The van der Waals surface area contributed by atoms with E-state index in [1.807, 2.05) is 19.1 Å². The minimum absolute atomic E-state index is 0.128. The molecule has 1 aromatic carbocycles. The van der Waals surface area contributed by atoms with Gasteiger partial charge < -0.3 is 20.8 Å². The summed E-state index contributed by atoms with van der Waals surface area (Å²) in [6, 6.07) is 5.74. The van der Waals surface area contributed by atoms with E-state index in [0.717, 1.165) is 30.1 Å². The summed E-state index contributed by atoms with van der Waals surface area (Å²) >= 11 is 6.32. The molecule has 1 saturated carbocycles. The fourth-order valence-electron chi connectivity index (χ4n) is 4.02. The summed E-state index contributed by atoms with van der Waals surface area (Å²) in [7, 11) is 0. The van der Waals surface area contributed by atoms with Crippen LogP contribution in [-0.2, 0) is 0 Å². The quantitative estimate of drug-likeness (QED) is 0.353. The third-order valence-corrected chi connectivity index (χ3v) is 5.22. The van der Waals surface area contributed by atoms with Crippen molar-refractivity contribution in [3.63, 3.8) is 0 Å². The van der Waals surface area contributed by atoms with Crippen LogP contribution in [0, 0.1) is 11.8 Å². The van der Waals surface area contributed by atoms with Crippen molar-refractivity contribution in [3.8, 4) is 5.75 Å². The van der Waals surface area contributed by atoms with E-state index in [4.69, 9.17) is 0 Å². The van der Waals surface area contributed by atoms with Gasteiger partial charge in [0.25, 0.3) is 0 Å². The first-order chi connectivity index (χ1) is 13.0. The number of halogens is 2. The van der Waals surface area contributed by atoms with Gasteiger partial charge in [-0.05, 0) is 25.0 Å². The molecule has 7 heteroatoms. The second-order valence-corrected chi connectivity index (χ2v) is 20.4. The number of fused-ring (bicyclic) bond motifs is 2. The minimum atomic E-state index is -0.145. The average molecular weight is 607 g/mol. The Hall–Kier alpha value is 0.239. The number of rotatable bonds is 0. The number of para-hydroxylation sites is 1. The van der Waals surface area contributed by atoms with E-state index < -0.39 is 0 Å². The Kier molecular flexibility index (Phi) is 10.5. The molecule has 0 bridgehead atoms. The number of phenolic OH excluding ortho intramolecular Hbond substituents is 1. The van der Waals surface area contributed by atoms with E-state index in [-0.39, 0.29) is 34.6 Å². The molecule has 0 amide bonds. The molecular weight excluding hydrogens is 579 g/mol. The normalized spacial score (nSPS) is 28.4. The van der Waals surface area contributed by atoms with Gasteiger partial charge in [0.1, 0.15) is 5.75 Å². The van der Waals surface area contributed by atoms with Crippen LogP contribution in [0.1, 0.15) is 45.1 Å². The van der Waals surface area contributed by atoms with Gasteiger partial charge in [-0.1, -0.05) is 67.5 Å². The summed E-state index contributed by atoms with van der Waals surface area (Å²) in [6.07, 6.45) is 6.67. The number of hydrogen-bond donors (Lipinski definition) is 2. The van der Waals surface area contributed by atoms with Crippen molar-refractivity contribution < 1.29 is 10.2 Å². The first kappa shape index (κ1) is 23.5. The standard InChI is InChI=1S/C10H18NO.C10H10NO.2BrH.Sn/c2*1-7-5-8-3-2-4-9(12)10(8)11-6-7;;;/h7-10,12H,2-6H2,1H3;2-5,12H,6H2,1H3;2*1H;/q2*-1;;;+4/p-2. The first-order valence-corrected chi connectivity index (χ1v) is 22.2. The van der Waals surface area contributed by atoms with Gasteiger partial charge in [-0.2, -0.15) is 0 Å². The zero-order valence-electron chi connectivity index (χ0n) is 15.9. The number of nitrogens with zero attached hydrogens (tertiary/aromatic N) is 2. The van der Waals surface area contributed by atoms with Gasteiger partial charge in [-0.15, -0.1) is 19.1 Å². The molecule has 3 aliphatic rings. The van der Waals surface area contributed by atoms with Crippen LogP contribution in [0.3, 0.4) is 0 Å². The molecule has 148 valence electrons. The number of phenols is 1. The Labute approximate surface area is 185 Å². The fourth-order valence-corrected chi connectivity index (χ4v) is 4.02. The van der Waals surface area contributed by atoms with E-state index in [1.54, 1.807) is 6.07 Å². The van der Waals surface area contributed by atoms with Gasteiger partial charge >= 0.3 is 42.1 Å². The van der Waals surface area contributed by atoms with E-state index in [0.29, 0.717) is 12.5 Å². The van der Waals surface area contributed by atoms with Gasteiger partial charge in [-0.3, -0.25) is 0 Å². The summed E-state index contributed by atoms with van der Waals surface area (Å²) in [6.45, 7) is 5.97. The summed E-state index contributed by atoms with van der Waals surface area (Å²) in [4.78, 5) is 0. The zero-order valence-corrected chi connectivity index (χ0v) is 21.9. The third-order valence-electron chi connectivity index (χ3n) is 5.22. The summed E-state index contributed by atoms with van der Waals surface area (Å²) in [5.41, 5.74) is 2.97. The van der Waals surface area contributed by atoms with Crippen molar-refractivity contribution in [2.45, 2.75) is 51.7 Å².